The lowest BCUT2D eigenvalue weighted by Gasteiger charge is -2.19. The van der Waals surface area contributed by atoms with Crippen LogP contribution in [0, 0.1) is 5.92 Å². The SMILES string of the molecule is CC(O)C1CCN(c2ccc3c(C(=O)O)c(Cl)ccc3n2)C1. The number of fused-ring (bicyclic) bond motifs is 1. The van der Waals surface area contributed by atoms with Crippen molar-refractivity contribution in [3.8, 4) is 0 Å². The summed E-state index contributed by atoms with van der Waals surface area (Å²) in [5.41, 5.74) is 0.696. The molecule has 1 aromatic heterocycles. The smallest absolute Gasteiger partial charge is 0.337 e. The van der Waals surface area contributed by atoms with Gasteiger partial charge in [0.25, 0.3) is 0 Å². The highest BCUT2D eigenvalue weighted by atomic mass is 35.5. The van der Waals surface area contributed by atoms with Crippen LogP contribution in [0.2, 0.25) is 5.02 Å². The minimum atomic E-state index is -1.06. The fourth-order valence-electron chi connectivity index (χ4n) is 2.95. The first kappa shape index (κ1) is 15.1. The highest BCUT2D eigenvalue weighted by Gasteiger charge is 2.27. The van der Waals surface area contributed by atoms with E-state index < -0.39 is 5.97 Å². The molecule has 0 spiro atoms. The number of halogens is 1. The van der Waals surface area contributed by atoms with Crippen molar-refractivity contribution in [2.45, 2.75) is 19.4 Å². The van der Waals surface area contributed by atoms with Gasteiger partial charge in [-0.3, -0.25) is 0 Å². The molecule has 0 aliphatic carbocycles. The first-order valence-electron chi connectivity index (χ1n) is 7.23. The van der Waals surface area contributed by atoms with Crippen LogP contribution in [0.1, 0.15) is 23.7 Å². The Morgan fingerprint density at radius 2 is 2.18 bits per heavy atom. The maximum atomic E-state index is 11.3. The number of aromatic carboxylic acids is 1. The number of aliphatic hydroxyl groups excluding tert-OH is 1. The molecule has 0 radical (unpaired) electrons. The summed E-state index contributed by atoms with van der Waals surface area (Å²) in [5.74, 6) is -0.00732. The number of aliphatic hydroxyl groups is 1. The summed E-state index contributed by atoms with van der Waals surface area (Å²) in [7, 11) is 0. The Morgan fingerprint density at radius 1 is 1.41 bits per heavy atom. The van der Waals surface area contributed by atoms with Crippen LogP contribution >= 0.6 is 11.6 Å². The molecule has 116 valence electrons. The van der Waals surface area contributed by atoms with Crippen molar-refractivity contribution < 1.29 is 15.0 Å². The van der Waals surface area contributed by atoms with Gasteiger partial charge >= 0.3 is 5.97 Å². The summed E-state index contributed by atoms with van der Waals surface area (Å²) < 4.78 is 0. The molecule has 0 saturated carbocycles. The van der Waals surface area contributed by atoms with Gasteiger partial charge in [-0.2, -0.15) is 0 Å². The summed E-state index contributed by atoms with van der Waals surface area (Å²) in [5, 5.41) is 19.7. The third kappa shape index (κ3) is 2.62. The second-order valence-corrected chi connectivity index (χ2v) is 6.11. The van der Waals surface area contributed by atoms with Gasteiger partial charge in [0, 0.05) is 24.4 Å². The summed E-state index contributed by atoms with van der Waals surface area (Å²) in [6, 6.07) is 6.86. The van der Waals surface area contributed by atoms with Crippen LogP contribution in [-0.4, -0.2) is 40.4 Å². The van der Waals surface area contributed by atoms with E-state index in [1.165, 1.54) is 0 Å². The third-order valence-corrected chi connectivity index (χ3v) is 4.57. The fourth-order valence-corrected chi connectivity index (χ4v) is 3.19. The number of anilines is 1. The van der Waals surface area contributed by atoms with Gasteiger partial charge in [-0.25, -0.2) is 9.78 Å². The lowest BCUT2D eigenvalue weighted by molar-refractivity contribution is 0.0699. The Morgan fingerprint density at radius 3 is 2.82 bits per heavy atom. The average molecular weight is 321 g/mol. The second kappa shape index (κ2) is 5.74. The molecule has 2 N–H and O–H groups in total. The topological polar surface area (TPSA) is 73.7 Å². The molecule has 3 rings (SSSR count). The lowest BCUT2D eigenvalue weighted by Crippen LogP contribution is -2.24. The molecule has 1 aliphatic rings. The Labute approximate surface area is 133 Å². The zero-order valence-electron chi connectivity index (χ0n) is 12.2. The number of carbonyl (C=O) groups is 1. The number of aromatic nitrogens is 1. The average Bonchev–Trinajstić information content (AvgIpc) is 2.96. The molecule has 1 aliphatic heterocycles. The predicted octanol–water partition coefficient (Wildman–Crippen LogP) is 2.79. The normalized spacial score (nSPS) is 19.6. The summed E-state index contributed by atoms with van der Waals surface area (Å²) in [4.78, 5) is 18.0. The third-order valence-electron chi connectivity index (χ3n) is 4.25. The van der Waals surface area contributed by atoms with Crippen molar-refractivity contribution in [3.05, 3.63) is 34.9 Å². The molecule has 1 fully saturated rings. The molecule has 0 bridgehead atoms. The maximum Gasteiger partial charge on any atom is 0.337 e. The number of pyridine rings is 1. The van der Waals surface area contributed by atoms with Gasteiger partial charge in [-0.1, -0.05) is 11.6 Å². The van der Waals surface area contributed by atoms with Gasteiger partial charge in [-0.15, -0.1) is 0 Å². The number of hydrogen-bond acceptors (Lipinski definition) is 4. The molecule has 1 aromatic carbocycles. The summed E-state index contributed by atoms with van der Waals surface area (Å²) >= 11 is 5.97. The zero-order valence-corrected chi connectivity index (χ0v) is 12.9. The molecule has 2 atom stereocenters. The van der Waals surface area contributed by atoms with Crippen molar-refractivity contribution in [2.75, 3.05) is 18.0 Å². The van der Waals surface area contributed by atoms with Crippen molar-refractivity contribution in [2.24, 2.45) is 5.92 Å². The van der Waals surface area contributed by atoms with E-state index in [1.807, 2.05) is 13.0 Å². The molecule has 0 amide bonds. The van der Waals surface area contributed by atoms with Crippen molar-refractivity contribution in [1.82, 2.24) is 4.98 Å². The molecule has 2 heterocycles. The highest BCUT2D eigenvalue weighted by Crippen LogP contribution is 2.29. The Bertz CT molecular complexity index is 733. The molecule has 22 heavy (non-hydrogen) atoms. The quantitative estimate of drug-likeness (QED) is 0.909. The van der Waals surface area contributed by atoms with Gasteiger partial charge in [-0.05, 0) is 37.6 Å². The van der Waals surface area contributed by atoms with Gasteiger partial charge in [0.2, 0.25) is 0 Å². The van der Waals surface area contributed by atoms with E-state index in [1.54, 1.807) is 18.2 Å². The Balaban J connectivity index is 1.98. The van der Waals surface area contributed by atoms with Crippen molar-refractivity contribution in [3.63, 3.8) is 0 Å². The van der Waals surface area contributed by atoms with E-state index in [0.717, 1.165) is 25.3 Å². The van der Waals surface area contributed by atoms with Gasteiger partial charge < -0.3 is 15.1 Å². The van der Waals surface area contributed by atoms with Crippen LogP contribution in [0.15, 0.2) is 24.3 Å². The van der Waals surface area contributed by atoms with E-state index in [2.05, 4.69) is 9.88 Å². The van der Waals surface area contributed by atoms with Crippen LogP contribution in [-0.2, 0) is 0 Å². The first-order chi connectivity index (χ1) is 10.5. The summed E-state index contributed by atoms with van der Waals surface area (Å²) in [6.07, 6.45) is 0.598. The van der Waals surface area contributed by atoms with Crippen molar-refractivity contribution in [1.29, 1.82) is 0 Å². The van der Waals surface area contributed by atoms with Gasteiger partial charge in [0.1, 0.15) is 5.82 Å². The number of nitrogens with zero attached hydrogens (tertiary/aromatic N) is 2. The number of carboxylic acids is 1. The van der Waals surface area contributed by atoms with Gasteiger partial charge in [0.05, 0.1) is 22.2 Å². The summed E-state index contributed by atoms with van der Waals surface area (Å²) in [6.45, 7) is 3.41. The van der Waals surface area contributed by atoms with Crippen LogP contribution < -0.4 is 4.90 Å². The number of rotatable bonds is 3. The molecule has 1 saturated heterocycles. The monoisotopic (exact) mass is 320 g/mol. The highest BCUT2D eigenvalue weighted by molar-refractivity contribution is 6.35. The zero-order chi connectivity index (χ0) is 15.9. The minimum Gasteiger partial charge on any atom is -0.478 e. The predicted molar refractivity (Wildman–Crippen MR) is 85.7 cm³/mol. The first-order valence-corrected chi connectivity index (χ1v) is 7.60. The van der Waals surface area contributed by atoms with Crippen LogP contribution in [0.4, 0.5) is 5.82 Å². The fraction of sp³-hybridized carbons (Fsp3) is 0.375. The Hall–Kier alpha value is -1.85. The van der Waals surface area contributed by atoms with Crippen molar-refractivity contribution >= 4 is 34.3 Å². The molecule has 2 unspecified atom stereocenters. The number of hydrogen-bond donors (Lipinski definition) is 2. The van der Waals surface area contributed by atoms with Crippen LogP contribution in [0.25, 0.3) is 10.9 Å². The van der Waals surface area contributed by atoms with Crippen LogP contribution in [0.5, 0.6) is 0 Å². The molecular weight excluding hydrogens is 304 g/mol. The molecular formula is C16H17ClN2O3. The van der Waals surface area contributed by atoms with Crippen LogP contribution in [0.3, 0.4) is 0 Å². The largest absolute Gasteiger partial charge is 0.478 e. The Kier molecular flexibility index (Phi) is 3.93. The molecule has 2 aromatic rings. The lowest BCUT2D eigenvalue weighted by atomic mass is 10.0. The van der Waals surface area contributed by atoms with E-state index in [9.17, 15) is 15.0 Å². The van der Waals surface area contributed by atoms with E-state index >= 15 is 0 Å². The number of benzene rings is 1. The standard InChI is InChI=1S/C16H17ClN2O3/c1-9(20)10-6-7-19(8-10)14-5-2-11-13(18-14)4-3-12(17)15(11)16(21)22/h2-5,9-10,20H,6-8H2,1H3,(H,21,22). The second-order valence-electron chi connectivity index (χ2n) is 5.70. The number of carboxylic acid groups (broad SMARTS) is 1. The molecule has 5 nitrogen and oxygen atoms in total. The van der Waals surface area contributed by atoms with E-state index in [4.69, 9.17) is 11.6 Å². The van der Waals surface area contributed by atoms with E-state index in [-0.39, 0.29) is 22.6 Å². The molecule has 6 heteroatoms. The van der Waals surface area contributed by atoms with E-state index in [0.29, 0.717) is 10.9 Å². The minimum absolute atomic E-state index is 0.0847. The maximum absolute atomic E-state index is 11.3. The van der Waals surface area contributed by atoms with Gasteiger partial charge in [0.15, 0.2) is 0 Å².